The van der Waals surface area contributed by atoms with E-state index in [1.54, 1.807) is 6.33 Å². The Labute approximate surface area is 253 Å². The first kappa shape index (κ1) is 29.3. The molecule has 12 heteroatoms. The molecule has 43 heavy (non-hydrogen) atoms. The number of fused-ring (bicyclic) bond motifs is 1. The highest BCUT2D eigenvalue weighted by Gasteiger charge is 2.31. The summed E-state index contributed by atoms with van der Waals surface area (Å²) in [7, 11) is 3.98. The number of rotatable bonds is 7. The Bertz CT molecular complexity index is 1420. The minimum atomic E-state index is -0.193. The zero-order chi connectivity index (χ0) is 29.9. The van der Waals surface area contributed by atoms with E-state index in [2.05, 4.69) is 42.1 Å². The number of hydrazine groups is 1. The molecule has 12 nitrogen and oxygen atoms in total. The van der Waals surface area contributed by atoms with Crippen molar-refractivity contribution in [3.8, 4) is 0 Å². The molecule has 2 aliphatic heterocycles. The van der Waals surface area contributed by atoms with Gasteiger partial charge in [0.05, 0.1) is 12.4 Å². The van der Waals surface area contributed by atoms with Crippen LogP contribution in [0.5, 0.6) is 0 Å². The lowest BCUT2D eigenvalue weighted by atomic mass is 9.94. The minimum absolute atomic E-state index is 0.0996. The number of hydrogen-bond acceptors (Lipinski definition) is 9. The Morgan fingerprint density at radius 2 is 1.63 bits per heavy atom. The van der Waals surface area contributed by atoms with Gasteiger partial charge in [-0.3, -0.25) is 24.9 Å². The largest absolute Gasteiger partial charge is 0.368 e. The first-order valence-electron chi connectivity index (χ1n) is 15.7. The van der Waals surface area contributed by atoms with E-state index < -0.39 is 0 Å². The maximum absolute atomic E-state index is 13.5. The highest BCUT2D eigenvalue weighted by atomic mass is 16.2. The SMILES string of the molecule is CN1CCN(C(=O)C2CCN(Cc3ccc(C(=O)NN(c4nc(N)nc5c4ncn5C)C4CCCCC4)cc3)CC2)CC1. The highest BCUT2D eigenvalue weighted by molar-refractivity contribution is 5.96. The molecule has 0 spiro atoms. The summed E-state index contributed by atoms with van der Waals surface area (Å²) in [6.07, 6.45) is 8.78. The molecule has 3 aliphatic rings. The van der Waals surface area contributed by atoms with Gasteiger partial charge in [0.1, 0.15) is 0 Å². The minimum Gasteiger partial charge on any atom is -0.368 e. The first-order valence-corrected chi connectivity index (χ1v) is 15.7. The third-order valence-corrected chi connectivity index (χ3v) is 9.32. The summed E-state index contributed by atoms with van der Waals surface area (Å²) < 4.78 is 1.81. The van der Waals surface area contributed by atoms with E-state index in [9.17, 15) is 9.59 Å². The fourth-order valence-electron chi connectivity index (χ4n) is 6.65. The van der Waals surface area contributed by atoms with Crippen LogP contribution in [0.4, 0.5) is 11.8 Å². The number of benzene rings is 1. The van der Waals surface area contributed by atoms with Gasteiger partial charge in [-0.15, -0.1) is 0 Å². The van der Waals surface area contributed by atoms with Crippen LogP contribution in [-0.2, 0) is 18.4 Å². The van der Waals surface area contributed by atoms with Crippen molar-refractivity contribution < 1.29 is 9.59 Å². The van der Waals surface area contributed by atoms with Gasteiger partial charge < -0.3 is 20.1 Å². The Morgan fingerprint density at radius 1 is 0.930 bits per heavy atom. The summed E-state index contributed by atoms with van der Waals surface area (Å²) in [5, 5.41) is 1.87. The molecule has 0 radical (unpaired) electrons. The summed E-state index contributed by atoms with van der Waals surface area (Å²) >= 11 is 0. The number of nitrogens with two attached hydrogens (primary N) is 1. The Balaban J connectivity index is 1.08. The maximum Gasteiger partial charge on any atom is 0.269 e. The second-order valence-corrected chi connectivity index (χ2v) is 12.4. The van der Waals surface area contributed by atoms with Crippen molar-refractivity contribution in [2.45, 2.75) is 57.5 Å². The molecule has 0 unspecified atom stereocenters. The smallest absolute Gasteiger partial charge is 0.269 e. The number of likely N-dealkylation sites (tertiary alicyclic amines) is 1. The normalized spacial score (nSPS) is 19.5. The van der Waals surface area contributed by atoms with Crippen LogP contribution in [0.1, 0.15) is 60.9 Å². The third-order valence-electron chi connectivity index (χ3n) is 9.32. The Kier molecular flexibility index (Phi) is 8.75. The predicted molar refractivity (Wildman–Crippen MR) is 166 cm³/mol. The number of carbonyl (C=O) groups excluding carboxylic acids is 2. The quantitative estimate of drug-likeness (QED) is 0.400. The fraction of sp³-hybridized carbons (Fsp3) is 0.581. The van der Waals surface area contributed by atoms with Crippen molar-refractivity contribution in [3.63, 3.8) is 0 Å². The van der Waals surface area contributed by atoms with Crippen LogP contribution in [0.2, 0.25) is 0 Å². The monoisotopic (exact) mass is 588 g/mol. The summed E-state index contributed by atoms with van der Waals surface area (Å²) in [5.74, 6) is 0.962. The van der Waals surface area contributed by atoms with E-state index in [1.807, 2.05) is 40.9 Å². The van der Waals surface area contributed by atoms with Gasteiger partial charge in [-0.05, 0) is 63.5 Å². The van der Waals surface area contributed by atoms with Crippen LogP contribution in [0.3, 0.4) is 0 Å². The molecule has 3 N–H and O–H groups in total. The lowest BCUT2D eigenvalue weighted by Gasteiger charge is -2.37. The number of aromatic nitrogens is 4. The molecule has 6 rings (SSSR count). The van der Waals surface area contributed by atoms with E-state index in [0.29, 0.717) is 28.5 Å². The number of piperidine rings is 1. The van der Waals surface area contributed by atoms with Crippen LogP contribution in [0.15, 0.2) is 30.6 Å². The molecule has 2 saturated heterocycles. The van der Waals surface area contributed by atoms with Gasteiger partial charge in [0, 0.05) is 51.3 Å². The van der Waals surface area contributed by atoms with E-state index in [1.165, 1.54) is 6.42 Å². The molecular weight excluding hydrogens is 544 g/mol. The molecule has 4 heterocycles. The Hall–Kier alpha value is -3.77. The fourth-order valence-corrected chi connectivity index (χ4v) is 6.65. The second kappa shape index (κ2) is 12.8. The maximum atomic E-state index is 13.5. The van der Waals surface area contributed by atoms with Crippen LogP contribution in [0.25, 0.3) is 11.2 Å². The van der Waals surface area contributed by atoms with E-state index in [4.69, 9.17) is 5.73 Å². The molecule has 2 aromatic heterocycles. The van der Waals surface area contributed by atoms with Crippen molar-refractivity contribution in [1.82, 2.24) is 39.6 Å². The van der Waals surface area contributed by atoms with Gasteiger partial charge in [-0.25, -0.2) is 4.98 Å². The molecule has 0 bridgehead atoms. The number of nitrogens with one attached hydrogen (secondary N) is 1. The van der Waals surface area contributed by atoms with Gasteiger partial charge in [-0.2, -0.15) is 9.97 Å². The van der Waals surface area contributed by atoms with E-state index in [0.717, 1.165) is 89.9 Å². The average molecular weight is 589 g/mol. The van der Waals surface area contributed by atoms with Crippen LogP contribution in [0, 0.1) is 5.92 Å². The summed E-state index contributed by atoms with van der Waals surface area (Å²) in [5.41, 5.74) is 12.2. The second-order valence-electron chi connectivity index (χ2n) is 12.4. The number of anilines is 2. The van der Waals surface area contributed by atoms with Crippen molar-refractivity contribution in [3.05, 3.63) is 41.7 Å². The highest BCUT2D eigenvalue weighted by Crippen LogP contribution is 2.30. The molecule has 2 amide bonds. The van der Waals surface area contributed by atoms with Crippen molar-refractivity contribution in [2.75, 3.05) is 57.1 Å². The zero-order valence-corrected chi connectivity index (χ0v) is 25.4. The van der Waals surface area contributed by atoms with Crippen LogP contribution >= 0.6 is 0 Å². The van der Waals surface area contributed by atoms with Gasteiger partial charge in [0.15, 0.2) is 17.0 Å². The predicted octanol–water partition coefficient (Wildman–Crippen LogP) is 2.42. The molecule has 1 saturated carbocycles. The standard InChI is InChI=1S/C31H44N10O2/c1-37-16-18-40(19-17-37)30(43)24-12-14-39(15-13-24)20-22-8-10-23(11-9-22)29(42)36-41(25-6-4-3-5-7-25)28-26-27(34-31(32)35-28)38(2)21-33-26/h8-11,21,24-25H,3-7,12-20H2,1-2H3,(H,36,42)(H2,32,34,35). The van der Waals surface area contributed by atoms with Crippen molar-refractivity contribution in [2.24, 2.45) is 13.0 Å². The number of amides is 2. The van der Waals surface area contributed by atoms with Crippen LogP contribution in [-0.4, -0.2) is 98.4 Å². The number of imidazole rings is 1. The first-order chi connectivity index (χ1) is 20.9. The number of aryl methyl sites for hydroxylation is 1. The molecule has 230 valence electrons. The number of nitrogens with zero attached hydrogens (tertiary/aromatic N) is 8. The van der Waals surface area contributed by atoms with Gasteiger partial charge >= 0.3 is 0 Å². The number of hydrogen-bond donors (Lipinski definition) is 2. The van der Waals surface area contributed by atoms with Gasteiger partial charge in [0.2, 0.25) is 11.9 Å². The molecule has 1 aromatic carbocycles. The van der Waals surface area contributed by atoms with Gasteiger partial charge in [0.25, 0.3) is 5.91 Å². The molecular formula is C31H44N10O2. The number of carbonyl (C=O) groups is 2. The average Bonchev–Trinajstić information content (AvgIpc) is 3.40. The molecule has 0 atom stereocenters. The van der Waals surface area contributed by atoms with E-state index in [-0.39, 0.29) is 23.8 Å². The summed E-state index contributed by atoms with van der Waals surface area (Å²) in [4.78, 5) is 46.7. The number of likely N-dealkylation sites (N-methyl/N-ethyl adjacent to an activating group) is 1. The lowest BCUT2D eigenvalue weighted by Crippen LogP contribution is -2.50. The third kappa shape index (κ3) is 6.59. The summed E-state index contributed by atoms with van der Waals surface area (Å²) in [6.45, 7) is 6.23. The lowest BCUT2D eigenvalue weighted by molar-refractivity contribution is -0.138. The zero-order valence-electron chi connectivity index (χ0n) is 25.4. The molecule has 3 aromatic rings. The topological polar surface area (TPSA) is 129 Å². The number of piperazine rings is 1. The van der Waals surface area contributed by atoms with E-state index >= 15 is 0 Å². The van der Waals surface area contributed by atoms with Gasteiger partial charge in [-0.1, -0.05) is 31.4 Å². The molecule has 1 aliphatic carbocycles. The van der Waals surface area contributed by atoms with Crippen LogP contribution < -0.4 is 16.2 Å². The van der Waals surface area contributed by atoms with Crippen molar-refractivity contribution in [1.29, 1.82) is 0 Å². The van der Waals surface area contributed by atoms with Crippen molar-refractivity contribution >= 4 is 34.7 Å². The number of nitrogen functional groups attached to an aromatic ring is 1. The summed E-state index contributed by atoms with van der Waals surface area (Å²) in [6, 6.07) is 7.93. The Morgan fingerprint density at radius 3 is 2.33 bits per heavy atom. The molecule has 3 fully saturated rings.